The number of amides is 3. The lowest BCUT2D eigenvalue weighted by Crippen LogP contribution is -2.45. The van der Waals surface area contributed by atoms with E-state index in [1.807, 2.05) is 79.7 Å². The van der Waals surface area contributed by atoms with Crippen LogP contribution in [-0.4, -0.2) is 68.0 Å². The molecule has 3 aromatic carbocycles. The zero-order valence-corrected chi connectivity index (χ0v) is 30.7. The van der Waals surface area contributed by atoms with Crippen molar-refractivity contribution in [3.63, 3.8) is 0 Å². The lowest BCUT2D eigenvalue weighted by molar-refractivity contribution is -0.150. The minimum absolute atomic E-state index is 0.0832. The summed E-state index contributed by atoms with van der Waals surface area (Å²) in [5, 5.41) is 16.0. The molecule has 9 nitrogen and oxygen atoms in total. The summed E-state index contributed by atoms with van der Waals surface area (Å²) in [6, 6.07) is 22.3. The molecule has 3 N–H and O–H groups in total. The Morgan fingerprint density at radius 3 is 2.57 bits per heavy atom. The molecule has 3 aliphatic rings. The van der Waals surface area contributed by atoms with Crippen LogP contribution in [0.2, 0.25) is 18.6 Å². The van der Waals surface area contributed by atoms with Crippen molar-refractivity contribution in [2.75, 3.05) is 29.9 Å². The van der Waals surface area contributed by atoms with Crippen molar-refractivity contribution in [2.24, 2.45) is 5.92 Å². The summed E-state index contributed by atoms with van der Waals surface area (Å²) >= 11 is 3.58. The van der Waals surface area contributed by atoms with Crippen LogP contribution in [0.1, 0.15) is 42.9 Å². The fraction of sp³-hybridized carbons (Fsp3) is 0.432. The van der Waals surface area contributed by atoms with Crippen LogP contribution in [0.25, 0.3) is 0 Å². The molecule has 12 heteroatoms. The van der Waals surface area contributed by atoms with Crippen LogP contribution in [0, 0.1) is 5.92 Å². The molecule has 0 bridgehead atoms. The van der Waals surface area contributed by atoms with E-state index in [2.05, 4.69) is 26.6 Å². The molecule has 49 heavy (non-hydrogen) atoms. The molecule has 2 saturated heterocycles. The number of halogens is 2. The standard InChI is InChI=1S/C37H44BrFN4O5Si/c1-24-34(49(2,3)39)32(21-33(45)42(17-18-44)22-25-9-5-4-6-10-25)48-37(24)29-20-27(38)14-15-31(29)43(36(37)47)23-26-11-7-12-28(19-26)41-35(46)30-13-8-16-40-30/h4-7,9-12,14-15,19-20,24,30,32,34,40,44H,8,13,16-18,21-23H2,1-3H3,(H,41,46)/t24-,30-,32+,34-,37+/m1/s1. The Hall–Kier alpha value is -3.42. The Kier molecular flexibility index (Phi) is 10.4. The number of ether oxygens (including phenoxy) is 1. The van der Waals surface area contributed by atoms with Gasteiger partial charge in [-0.25, -0.2) is 0 Å². The second kappa shape index (κ2) is 14.4. The summed E-state index contributed by atoms with van der Waals surface area (Å²) in [6.45, 7) is 6.34. The monoisotopic (exact) mass is 750 g/mol. The lowest BCUT2D eigenvalue weighted by atomic mass is 9.82. The number of carbonyl (C=O) groups is 3. The first kappa shape index (κ1) is 35.4. The van der Waals surface area contributed by atoms with E-state index < -0.39 is 31.6 Å². The zero-order chi connectivity index (χ0) is 34.9. The van der Waals surface area contributed by atoms with Crippen molar-refractivity contribution < 1.29 is 28.3 Å². The van der Waals surface area contributed by atoms with E-state index in [0.29, 0.717) is 23.5 Å². The largest absolute Gasteiger partial charge is 0.395 e. The summed E-state index contributed by atoms with van der Waals surface area (Å²) < 4.78 is 24.0. The summed E-state index contributed by atoms with van der Waals surface area (Å²) in [5.74, 6) is -1.21. The predicted molar refractivity (Wildman–Crippen MR) is 193 cm³/mol. The van der Waals surface area contributed by atoms with Gasteiger partial charge in [0.1, 0.15) is 0 Å². The van der Waals surface area contributed by atoms with Crippen molar-refractivity contribution in [1.82, 2.24) is 10.2 Å². The quantitative estimate of drug-likeness (QED) is 0.167. The normalized spacial score (nSPS) is 24.8. The highest BCUT2D eigenvalue weighted by molar-refractivity contribution is 9.10. The van der Waals surface area contributed by atoms with Gasteiger partial charge in [-0.05, 0) is 73.9 Å². The number of aliphatic hydroxyl groups is 1. The van der Waals surface area contributed by atoms with Crippen molar-refractivity contribution >= 4 is 53.4 Å². The van der Waals surface area contributed by atoms with E-state index in [1.165, 1.54) is 0 Å². The molecule has 6 rings (SSSR count). The number of nitrogens with zero attached hydrogens (tertiary/aromatic N) is 2. The highest BCUT2D eigenvalue weighted by Crippen LogP contribution is 2.60. The average molecular weight is 752 g/mol. The van der Waals surface area contributed by atoms with Gasteiger partial charge in [-0.2, -0.15) is 0 Å². The third-order valence-electron chi connectivity index (χ3n) is 10.1. The number of hydrogen-bond acceptors (Lipinski definition) is 6. The highest BCUT2D eigenvalue weighted by atomic mass is 79.9. The van der Waals surface area contributed by atoms with E-state index in [1.54, 1.807) is 22.9 Å². The Labute approximate surface area is 296 Å². The fourth-order valence-electron chi connectivity index (χ4n) is 7.96. The minimum Gasteiger partial charge on any atom is -0.395 e. The van der Waals surface area contributed by atoms with Crippen molar-refractivity contribution in [2.45, 2.75) is 75.7 Å². The Balaban J connectivity index is 1.29. The minimum atomic E-state index is -3.51. The number of fused-ring (bicyclic) bond motifs is 2. The molecule has 0 aromatic heterocycles. The number of benzene rings is 3. The third-order valence-corrected chi connectivity index (χ3v) is 13.1. The van der Waals surface area contributed by atoms with Crippen LogP contribution >= 0.6 is 15.9 Å². The first-order valence-electron chi connectivity index (χ1n) is 17.0. The van der Waals surface area contributed by atoms with Crippen LogP contribution in [0.4, 0.5) is 15.5 Å². The molecule has 0 saturated carbocycles. The predicted octanol–water partition coefficient (Wildman–Crippen LogP) is 5.87. The maximum atomic E-state index is 16.4. The van der Waals surface area contributed by atoms with Gasteiger partial charge in [-0.3, -0.25) is 14.4 Å². The number of carbonyl (C=O) groups excluding carboxylic acids is 3. The fourth-order valence-corrected chi connectivity index (χ4v) is 10.8. The van der Waals surface area contributed by atoms with Crippen LogP contribution in [0.15, 0.2) is 77.3 Å². The van der Waals surface area contributed by atoms with Gasteiger partial charge in [-0.1, -0.05) is 65.3 Å². The highest BCUT2D eigenvalue weighted by Gasteiger charge is 2.67. The van der Waals surface area contributed by atoms with Gasteiger partial charge in [0.15, 0.2) is 5.60 Å². The molecule has 1 spiro atoms. The lowest BCUT2D eigenvalue weighted by Gasteiger charge is -2.31. The number of rotatable bonds is 11. The van der Waals surface area contributed by atoms with E-state index in [9.17, 15) is 19.5 Å². The molecule has 0 radical (unpaired) electrons. The molecule has 3 heterocycles. The molecule has 3 amide bonds. The molecule has 260 valence electrons. The van der Waals surface area contributed by atoms with Crippen LogP contribution in [0.3, 0.4) is 0 Å². The first-order valence-corrected chi connectivity index (χ1v) is 20.7. The van der Waals surface area contributed by atoms with Gasteiger partial charge in [0.05, 0.1) is 37.4 Å². The number of hydrogen-bond donors (Lipinski definition) is 3. The Morgan fingerprint density at radius 1 is 1.12 bits per heavy atom. The van der Waals surface area contributed by atoms with Gasteiger partial charge in [-0.15, -0.1) is 0 Å². The van der Waals surface area contributed by atoms with Gasteiger partial charge in [0.25, 0.3) is 5.91 Å². The van der Waals surface area contributed by atoms with Gasteiger partial charge >= 0.3 is 0 Å². The maximum absolute atomic E-state index is 16.4. The van der Waals surface area contributed by atoms with E-state index in [-0.39, 0.29) is 49.9 Å². The molecule has 0 aliphatic carbocycles. The van der Waals surface area contributed by atoms with E-state index >= 15 is 4.11 Å². The molecule has 5 atom stereocenters. The van der Waals surface area contributed by atoms with Crippen molar-refractivity contribution in [3.05, 3.63) is 94.0 Å². The van der Waals surface area contributed by atoms with Crippen LogP contribution in [0.5, 0.6) is 0 Å². The Morgan fingerprint density at radius 2 is 1.88 bits per heavy atom. The molecule has 0 unspecified atom stereocenters. The average Bonchev–Trinajstić information content (AvgIpc) is 3.76. The number of nitrogens with one attached hydrogen (secondary N) is 2. The van der Waals surface area contributed by atoms with Crippen molar-refractivity contribution in [3.8, 4) is 0 Å². The zero-order valence-electron chi connectivity index (χ0n) is 28.1. The molecule has 3 aromatic rings. The Bertz CT molecular complexity index is 1700. The van der Waals surface area contributed by atoms with Gasteiger partial charge < -0.3 is 34.4 Å². The van der Waals surface area contributed by atoms with Crippen LogP contribution in [-0.2, 0) is 37.8 Å². The van der Waals surface area contributed by atoms with Crippen molar-refractivity contribution in [1.29, 1.82) is 0 Å². The molecular weight excluding hydrogens is 707 g/mol. The first-order chi connectivity index (χ1) is 23.4. The SMILES string of the molecule is C[C@@H]1[C@@H]([Si](C)(C)F)[C@H](CC(=O)N(CCO)Cc2ccccc2)O[C@@]12C(=O)N(Cc1cccc(NC(=O)[C@H]3CCCN3)c1)c1ccc(Br)cc12. The smallest absolute Gasteiger partial charge is 0.264 e. The molecular formula is C37H44BrFN4O5Si. The molecule has 2 fully saturated rings. The summed E-state index contributed by atoms with van der Waals surface area (Å²) in [4.78, 5) is 44.7. The van der Waals surface area contributed by atoms with Gasteiger partial charge in [0, 0.05) is 40.3 Å². The second-order valence-corrected chi connectivity index (χ2v) is 18.6. The van der Waals surface area contributed by atoms with Crippen LogP contribution < -0.4 is 15.5 Å². The molecule has 3 aliphatic heterocycles. The third kappa shape index (κ3) is 7.11. The topological polar surface area (TPSA) is 111 Å². The van der Waals surface area contributed by atoms with E-state index in [0.717, 1.165) is 35.0 Å². The summed E-state index contributed by atoms with van der Waals surface area (Å²) in [5.41, 5.74) is 1.54. The summed E-state index contributed by atoms with van der Waals surface area (Å²) in [7, 11) is -3.51. The number of anilines is 2. The maximum Gasteiger partial charge on any atom is 0.264 e. The number of aliphatic hydroxyl groups excluding tert-OH is 1. The second-order valence-electron chi connectivity index (χ2n) is 13.9. The summed E-state index contributed by atoms with van der Waals surface area (Å²) in [6.07, 6.45) is 0.793. The van der Waals surface area contributed by atoms with E-state index in [4.69, 9.17) is 4.74 Å². The van der Waals surface area contributed by atoms with Gasteiger partial charge in [0.2, 0.25) is 20.2 Å².